The van der Waals surface area contributed by atoms with E-state index in [2.05, 4.69) is 9.44 Å². The van der Waals surface area contributed by atoms with Crippen molar-refractivity contribution in [2.75, 3.05) is 13.7 Å². The zero-order valence-corrected chi connectivity index (χ0v) is 10.1. The van der Waals surface area contributed by atoms with E-state index in [9.17, 15) is 13.5 Å². The van der Waals surface area contributed by atoms with E-state index in [4.69, 9.17) is 0 Å². The Kier molecular flexibility index (Phi) is 4.03. The first-order chi connectivity index (χ1) is 7.43. The Labute approximate surface area is 95.7 Å². The summed E-state index contributed by atoms with van der Waals surface area (Å²) in [6.45, 7) is 1.30. The van der Waals surface area contributed by atoms with Crippen molar-refractivity contribution in [3.8, 4) is 0 Å². The van der Waals surface area contributed by atoms with Crippen molar-refractivity contribution < 1.29 is 13.5 Å². The van der Waals surface area contributed by atoms with Crippen molar-refractivity contribution in [1.82, 2.24) is 9.44 Å². The van der Waals surface area contributed by atoms with Gasteiger partial charge in [0.05, 0.1) is 12.1 Å². The van der Waals surface area contributed by atoms with Crippen molar-refractivity contribution in [3.63, 3.8) is 0 Å². The van der Waals surface area contributed by atoms with Crippen LogP contribution in [0.3, 0.4) is 0 Å². The fraction of sp³-hybridized carbons (Fsp3) is 0.400. The van der Waals surface area contributed by atoms with Crippen LogP contribution in [0.15, 0.2) is 30.3 Å². The Hall–Kier alpha value is -0.950. The molecule has 0 amide bonds. The quantitative estimate of drug-likeness (QED) is 0.679. The Morgan fingerprint density at radius 3 is 2.31 bits per heavy atom. The van der Waals surface area contributed by atoms with E-state index in [1.54, 1.807) is 31.2 Å². The van der Waals surface area contributed by atoms with Crippen molar-refractivity contribution in [1.29, 1.82) is 0 Å². The van der Waals surface area contributed by atoms with Gasteiger partial charge in [-0.05, 0) is 12.5 Å². The monoisotopic (exact) mass is 244 g/mol. The number of aliphatic hydroxyl groups excluding tert-OH is 1. The summed E-state index contributed by atoms with van der Waals surface area (Å²) in [7, 11) is -2.29. The van der Waals surface area contributed by atoms with Gasteiger partial charge in [-0.3, -0.25) is 0 Å². The minimum absolute atomic E-state index is 0.322. The molecule has 3 N–H and O–H groups in total. The number of hydrogen-bond donors (Lipinski definition) is 3. The van der Waals surface area contributed by atoms with Gasteiger partial charge >= 0.3 is 0 Å². The third-order valence-corrected chi connectivity index (χ3v) is 3.61. The Balaban J connectivity index is 3.04. The van der Waals surface area contributed by atoms with Crippen LogP contribution in [0.5, 0.6) is 0 Å². The van der Waals surface area contributed by atoms with Gasteiger partial charge in [0.25, 0.3) is 10.2 Å². The molecule has 1 atom stereocenters. The minimum Gasteiger partial charge on any atom is -0.394 e. The molecule has 1 aromatic carbocycles. The lowest BCUT2D eigenvalue weighted by Gasteiger charge is -2.28. The molecule has 0 fully saturated rings. The fourth-order valence-corrected chi connectivity index (χ4v) is 2.21. The number of rotatable bonds is 5. The van der Waals surface area contributed by atoms with Crippen molar-refractivity contribution >= 4 is 10.2 Å². The standard InChI is InChI=1S/C10H16N2O3S/c1-10(8-13,12-16(14,15)11-2)9-6-4-3-5-7-9/h3-7,11-13H,8H2,1-2H3. The van der Waals surface area contributed by atoms with Crippen LogP contribution in [0, 0.1) is 0 Å². The van der Waals surface area contributed by atoms with Crippen LogP contribution in [0.25, 0.3) is 0 Å². The molecule has 0 aromatic heterocycles. The van der Waals surface area contributed by atoms with E-state index in [0.717, 1.165) is 0 Å². The first kappa shape index (κ1) is 13.1. The van der Waals surface area contributed by atoms with Crippen LogP contribution >= 0.6 is 0 Å². The predicted molar refractivity (Wildman–Crippen MR) is 62.0 cm³/mol. The summed E-state index contributed by atoms with van der Waals surface area (Å²) < 4.78 is 27.4. The Morgan fingerprint density at radius 1 is 1.31 bits per heavy atom. The highest BCUT2D eigenvalue weighted by molar-refractivity contribution is 7.87. The molecule has 0 saturated carbocycles. The highest BCUT2D eigenvalue weighted by Crippen LogP contribution is 2.20. The average molecular weight is 244 g/mol. The van der Waals surface area contributed by atoms with Gasteiger partial charge < -0.3 is 5.11 Å². The molecule has 0 heterocycles. The van der Waals surface area contributed by atoms with E-state index in [-0.39, 0.29) is 6.61 Å². The molecule has 0 saturated heterocycles. The maximum absolute atomic E-state index is 11.4. The van der Waals surface area contributed by atoms with E-state index < -0.39 is 15.7 Å². The number of aliphatic hydroxyl groups is 1. The summed E-state index contributed by atoms with van der Waals surface area (Å²) in [5.41, 5.74) is -0.320. The van der Waals surface area contributed by atoms with Crippen molar-refractivity contribution in [2.45, 2.75) is 12.5 Å². The van der Waals surface area contributed by atoms with Gasteiger partial charge in [-0.2, -0.15) is 13.1 Å². The molecule has 0 aliphatic carbocycles. The molecule has 16 heavy (non-hydrogen) atoms. The molecule has 90 valence electrons. The van der Waals surface area contributed by atoms with E-state index >= 15 is 0 Å². The van der Waals surface area contributed by atoms with Crippen molar-refractivity contribution in [3.05, 3.63) is 35.9 Å². The summed E-state index contributed by atoms with van der Waals surface area (Å²) in [5, 5.41) is 9.34. The van der Waals surface area contributed by atoms with Crippen LogP contribution in [0.2, 0.25) is 0 Å². The second-order valence-corrected chi connectivity index (χ2v) is 5.29. The molecule has 1 aromatic rings. The molecule has 0 radical (unpaired) electrons. The normalized spacial score (nSPS) is 15.7. The smallest absolute Gasteiger partial charge is 0.277 e. The van der Waals surface area contributed by atoms with Crippen LogP contribution in [-0.4, -0.2) is 27.2 Å². The summed E-state index contributed by atoms with van der Waals surface area (Å²) in [4.78, 5) is 0. The second-order valence-electron chi connectivity index (χ2n) is 3.67. The third kappa shape index (κ3) is 3.02. The summed E-state index contributed by atoms with van der Waals surface area (Å²) in [6.07, 6.45) is 0. The lowest BCUT2D eigenvalue weighted by Crippen LogP contribution is -2.49. The van der Waals surface area contributed by atoms with Crippen LogP contribution in [0.1, 0.15) is 12.5 Å². The minimum atomic E-state index is -3.60. The number of hydrogen-bond acceptors (Lipinski definition) is 3. The zero-order chi connectivity index (χ0) is 12.2. The Morgan fingerprint density at radius 2 is 1.88 bits per heavy atom. The molecule has 1 rings (SSSR count). The molecule has 0 aliphatic rings. The maximum Gasteiger partial charge on any atom is 0.277 e. The largest absolute Gasteiger partial charge is 0.394 e. The Bertz CT molecular complexity index is 433. The molecule has 0 aliphatic heterocycles. The van der Waals surface area contributed by atoms with Gasteiger partial charge in [-0.15, -0.1) is 0 Å². The molecule has 5 nitrogen and oxygen atoms in total. The molecule has 0 bridgehead atoms. The highest BCUT2D eigenvalue weighted by Gasteiger charge is 2.30. The number of nitrogens with one attached hydrogen (secondary N) is 2. The topological polar surface area (TPSA) is 78.4 Å². The first-order valence-electron chi connectivity index (χ1n) is 4.82. The summed E-state index contributed by atoms with van der Waals surface area (Å²) >= 11 is 0. The van der Waals surface area contributed by atoms with Gasteiger partial charge in [-0.25, -0.2) is 4.72 Å². The van der Waals surface area contributed by atoms with Gasteiger partial charge in [0.1, 0.15) is 0 Å². The van der Waals surface area contributed by atoms with Gasteiger partial charge in [-0.1, -0.05) is 30.3 Å². The van der Waals surface area contributed by atoms with E-state index in [1.165, 1.54) is 7.05 Å². The second kappa shape index (κ2) is 4.92. The molecular formula is C10H16N2O3S. The summed E-state index contributed by atoms with van der Waals surface area (Å²) in [5.74, 6) is 0. The van der Waals surface area contributed by atoms with Gasteiger partial charge in [0, 0.05) is 7.05 Å². The van der Waals surface area contributed by atoms with Crippen molar-refractivity contribution in [2.24, 2.45) is 0 Å². The molecule has 6 heteroatoms. The lowest BCUT2D eigenvalue weighted by molar-refractivity contribution is 0.195. The van der Waals surface area contributed by atoms with Crippen LogP contribution < -0.4 is 9.44 Å². The zero-order valence-electron chi connectivity index (χ0n) is 9.27. The first-order valence-corrected chi connectivity index (χ1v) is 6.31. The van der Waals surface area contributed by atoms with Crippen LogP contribution in [-0.2, 0) is 15.7 Å². The fourth-order valence-electron chi connectivity index (χ4n) is 1.34. The van der Waals surface area contributed by atoms with Crippen LogP contribution in [0.4, 0.5) is 0 Å². The predicted octanol–water partition coefficient (Wildman–Crippen LogP) is -0.0521. The lowest BCUT2D eigenvalue weighted by atomic mass is 9.94. The average Bonchev–Trinajstić information content (AvgIpc) is 2.29. The maximum atomic E-state index is 11.4. The third-order valence-electron chi connectivity index (χ3n) is 2.36. The molecule has 0 spiro atoms. The van der Waals surface area contributed by atoms with E-state index in [0.29, 0.717) is 5.56 Å². The van der Waals surface area contributed by atoms with E-state index in [1.807, 2.05) is 6.07 Å². The number of benzene rings is 1. The van der Waals surface area contributed by atoms with Gasteiger partial charge in [0.2, 0.25) is 0 Å². The SMILES string of the molecule is CNS(=O)(=O)NC(C)(CO)c1ccccc1. The molecular weight excluding hydrogens is 228 g/mol. The van der Waals surface area contributed by atoms with Gasteiger partial charge in [0.15, 0.2) is 0 Å². The summed E-state index contributed by atoms with van der Waals surface area (Å²) in [6, 6.07) is 8.92. The highest BCUT2D eigenvalue weighted by atomic mass is 32.2. The molecule has 1 unspecified atom stereocenters.